The number of nitrogens with two attached hydrogens (primary N) is 1. The van der Waals surface area contributed by atoms with Crippen LogP contribution in [0.15, 0.2) is 41.1 Å². The summed E-state index contributed by atoms with van der Waals surface area (Å²) >= 11 is 0. The average Bonchev–Trinajstić information content (AvgIpc) is 3.20. The molecule has 3 rings (SSSR count). The Morgan fingerprint density at radius 2 is 1.80 bits per heavy atom. The van der Waals surface area contributed by atoms with Crippen molar-refractivity contribution < 1.29 is 18.8 Å². The van der Waals surface area contributed by atoms with Crippen LogP contribution >= 0.6 is 12.4 Å². The molecule has 160 valence electrons. The Morgan fingerprint density at radius 1 is 1.07 bits per heavy atom. The second-order valence-electron chi connectivity index (χ2n) is 6.97. The van der Waals surface area contributed by atoms with Crippen LogP contribution in [0.4, 0.5) is 0 Å². The van der Waals surface area contributed by atoms with E-state index in [0.29, 0.717) is 24.5 Å². The number of hydrogen-bond donors (Lipinski definition) is 1. The number of Topliss-reactive ketones (excluding diaryl/α,β-unsaturated/α-hetero) is 1. The van der Waals surface area contributed by atoms with Crippen LogP contribution in [0, 0.1) is 13.8 Å². The SMILES string of the molecule is COc1ccc(-c2cnoc2-c2cc(C)c(C)c(OC)c2)cc1CC(=O)CCN.Cl. The molecule has 1 heterocycles. The van der Waals surface area contributed by atoms with Crippen molar-refractivity contribution in [3.8, 4) is 33.9 Å². The summed E-state index contributed by atoms with van der Waals surface area (Å²) < 4.78 is 16.5. The molecule has 6 nitrogen and oxygen atoms in total. The first-order valence-corrected chi connectivity index (χ1v) is 9.47. The molecule has 0 aliphatic carbocycles. The van der Waals surface area contributed by atoms with Crippen molar-refractivity contribution >= 4 is 18.2 Å². The number of carbonyl (C=O) groups is 1. The number of aryl methyl sites for hydroxylation is 1. The molecule has 0 saturated carbocycles. The van der Waals surface area contributed by atoms with Crippen molar-refractivity contribution in [1.29, 1.82) is 0 Å². The number of carbonyl (C=O) groups excluding carboxylic acids is 1. The van der Waals surface area contributed by atoms with E-state index in [0.717, 1.165) is 39.1 Å². The fourth-order valence-electron chi connectivity index (χ4n) is 3.37. The second-order valence-corrected chi connectivity index (χ2v) is 6.97. The van der Waals surface area contributed by atoms with E-state index in [-0.39, 0.29) is 24.6 Å². The topological polar surface area (TPSA) is 87.6 Å². The monoisotopic (exact) mass is 430 g/mol. The summed E-state index contributed by atoms with van der Waals surface area (Å²) in [5.41, 5.74) is 11.1. The molecule has 7 heteroatoms. The van der Waals surface area contributed by atoms with Gasteiger partial charge in [-0.15, -0.1) is 12.4 Å². The Hall–Kier alpha value is -2.83. The van der Waals surface area contributed by atoms with Gasteiger partial charge in [-0.05, 0) is 61.3 Å². The fourth-order valence-corrected chi connectivity index (χ4v) is 3.37. The highest BCUT2D eigenvalue weighted by Gasteiger charge is 2.18. The van der Waals surface area contributed by atoms with Crippen LogP contribution in [-0.2, 0) is 11.2 Å². The molecule has 0 bridgehead atoms. The molecule has 2 aromatic carbocycles. The number of benzene rings is 2. The molecule has 0 aliphatic rings. The Bertz CT molecular complexity index is 1030. The summed E-state index contributed by atoms with van der Waals surface area (Å²) in [5, 5.41) is 4.01. The lowest BCUT2D eigenvalue weighted by atomic mass is 9.96. The molecule has 1 aromatic heterocycles. The molecule has 3 aromatic rings. The number of nitrogens with zero attached hydrogens (tertiary/aromatic N) is 1. The van der Waals surface area contributed by atoms with Gasteiger partial charge in [0.05, 0.1) is 20.4 Å². The molecule has 0 radical (unpaired) electrons. The van der Waals surface area contributed by atoms with Crippen LogP contribution in [0.1, 0.15) is 23.1 Å². The molecule has 0 atom stereocenters. The first-order chi connectivity index (χ1) is 14.0. The number of aromatic nitrogens is 1. The van der Waals surface area contributed by atoms with E-state index >= 15 is 0 Å². The summed E-state index contributed by atoms with van der Waals surface area (Å²) in [6.45, 7) is 4.39. The Kier molecular flexibility index (Phi) is 8.03. The van der Waals surface area contributed by atoms with Crippen molar-refractivity contribution in [3.63, 3.8) is 0 Å². The third-order valence-electron chi connectivity index (χ3n) is 5.07. The summed E-state index contributed by atoms with van der Waals surface area (Å²) in [6, 6.07) is 9.74. The number of hydrogen-bond acceptors (Lipinski definition) is 6. The van der Waals surface area contributed by atoms with E-state index in [1.807, 2.05) is 38.1 Å². The van der Waals surface area contributed by atoms with Crippen LogP contribution in [-0.4, -0.2) is 31.7 Å². The second kappa shape index (κ2) is 10.3. The summed E-state index contributed by atoms with van der Waals surface area (Å²) in [6.07, 6.45) is 2.30. The van der Waals surface area contributed by atoms with E-state index < -0.39 is 0 Å². The van der Waals surface area contributed by atoms with E-state index in [9.17, 15) is 4.79 Å². The molecular weight excluding hydrogens is 404 g/mol. The van der Waals surface area contributed by atoms with Crippen LogP contribution in [0.5, 0.6) is 11.5 Å². The molecule has 30 heavy (non-hydrogen) atoms. The van der Waals surface area contributed by atoms with Crippen molar-refractivity contribution in [2.24, 2.45) is 5.73 Å². The van der Waals surface area contributed by atoms with E-state index in [4.69, 9.17) is 19.7 Å². The van der Waals surface area contributed by atoms with Gasteiger partial charge in [-0.1, -0.05) is 11.2 Å². The van der Waals surface area contributed by atoms with Gasteiger partial charge in [-0.2, -0.15) is 0 Å². The normalized spacial score (nSPS) is 10.4. The van der Waals surface area contributed by atoms with Gasteiger partial charge in [-0.3, -0.25) is 4.79 Å². The predicted molar refractivity (Wildman–Crippen MR) is 120 cm³/mol. The number of methoxy groups -OCH3 is 2. The highest BCUT2D eigenvalue weighted by atomic mass is 35.5. The molecule has 0 saturated heterocycles. The van der Waals surface area contributed by atoms with Gasteiger partial charge in [0.15, 0.2) is 5.76 Å². The third-order valence-corrected chi connectivity index (χ3v) is 5.07. The zero-order chi connectivity index (χ0) is 21.0. The standard InChI is InChI=1S/C23H26N2O4.ClH/c1-14-9-18(12-22(28-4)15(14)2)23-20(13-25-29-23)16-5-6-21(27-3)17(10-16)11-19(26)7-8-24;/h5-6,9-10,12-13H,7-8,11,24H2,1-4H3;1H. The van der Waals surface area contributed by atoms with Gasteiger partial charge >= 0.3 is 0 Å². The zero-order valence-corrected chi connectivity index (χ0v) is 18.5. The smallest absolute Gasteiger partial charge is 0.174 e. The Balaban J connectivity index is 0.00000320. The molecule has 0 spiro atoms. The molecule has 2 N–H and O–H groups in total. The molecule has 0 fully saturated rings. The van der Waals surface area contributed by atoms with Gasteiger partial charge < -0.3 is 19.7 Å². The Morgan fingerprint density at radius 3 is 2.47 bits per heavy atom. The van der Waals surface area contributed by atoms with Gasteiger partial charge in [0.1, 0.15) is 17.3 Å². The van der Waals surface area contributed by atoms with Gasteiger partial charge in [0.25, 0.3) is 0 Å². The minimum atomic E-state index is 0. The highest BCUT2D eigenvalue weighted by Crippen LogP contribution is 2.37. The number of rotatable bonds is 8. The first kappa shape index (κ1) is 23.4. The molecular formula is C23H27ClN2O4. The lowest BCUT2D eigenvalue weighted by Gasteiger charge is -2.12. The maximum atomic E-state index is 12.1. The van der Waals surface area contributed by atoms with Gasteiger partial charge in [0.2, 0.25) is 0 Å². The van der Waals surface area contributed by atoms with Gasteiger partial charge in [0, 0.05) is 29.5 Å². The van der Waals surface area contributed by atoms with Crippen LogP contribution in [0.25, 0.3) is 22.5 Å². The fraction of sp³-hybridized carbons (Fsp3) is 0.304. The van der Waals surface area contributed by atoms with Gasteiger partial charge in [-0.25, -0.2) is 0 Å². The summed E-state index contributed by atoms with van der Waals surface area (Å²) in [4.78, 5) is 12.1. The van der Waals surface area contributed by atoms with Crippen LogP contribution in [0.2, 0.25) is 0 Å². The minimum absolute atomic E-state index is 0. The first-order valence-electron chi connectivity index (χ1n) is 9.47. The highest BCUT2D eigenvalue weighted by molar-refractivity contribution is 5.85. The lowest BCUT2D eigenvalue weighted by molar-refractivity contribution is -0.118. The van der Waals surface area contributed by atoms with Crippen molar-refractivity contribution in [1.82, 2.24) is 5.16 Å². The van der Waals surface area contributed by atoms with E-state index in [2.05, 4.69) is 11.2 Å². The summed E-state index contributed by atoms with van der Waals surface area (Å²) in [5.74, 6) is 2.19. The lowest BCUT2D eigenvalue weighted by Crippen LogP contribution is -2.10. The quantitative estimate of drug-likeness (QED) is 0.565. The number of ether oxygens (including phenoxy) is 2. The van der Waals surface area contributed by atoms with E-state index in [1.54, 1.807) is 20.4 Å². The third kappa shape index (κ3) is 4.83. The number of halogens is 1. The summed E-state index contributed by atoms with van der Waals surface area (Å²) in [7, 11) is 3.25. The van der Waals surface area contributed by atoms with Crippen LogP contribution in [0.3, 0.4) is 0 Å². The maximum absolute atomic E-state index is 12.1. The average molecular weight is 431 g/mol. The predicted octanol–water partition coefficient (Wildman–Crippen LogP) is 4.52. The van der Waals surface area contributed by atoms with Crippen molar-refractivity contribution in [3.05, 3.63) is 53.2 Å². The maximum Gasteiger partial charge on any atom is 0.174 e. The minimum Gasteiger partial charge on any atom is -0.496 e. The van der Waals surface area contributed by atoms with Crippen molar-refractivity contribution in [2.45, 2.75) is 26.7 Å². The Labute approximate surface area is 182 Å². The molecule has 0 amide bonds. The molecule has 0 aliphatic heterocycles. The van der Waals surface area contributed by atoms with Crippen molar-refractivity contribution in [2.75, 3.05) is 20.8 Å². The largest absolute Gasteiger partial charge is 0.496 e. The number of ketones is 1. The van der Waals surface area contributed by atoms with E-state index in [1.165, 1.54) is 0 Å². The van der Waals surface area contributed by atoms with Crippen LogP contribution < -0.4 is 15.2 Å². The zero-order valence-electron chi connectivity index (χ0n) is 17.7. The molecule has 0 unspecified atom stereocenters.